The number of aliphatic hydroxyl groups is 1. The van der Waals surface area contributed by atoms with Crippen LogP contribution in [0.4, 0.5) is 0 Å². The molecule has 2 rings (SSSR count). The second kappa shape index (κ2) is 6.02. The van der Waals surface area contributed by atoms with Gasteiger partial charge in [0.2, 0.25) is 5.91 Å². The van der Waals surface area contributed by atoms with Gasteiger partial charge < -0.3 is 15.2 Å². The predicted octanol–water partition coefficient (Wildman–Crippen LogP) is 1.61. The first-order valence-corrected chi connectivity index (χ1v) is 7.18. The van der Waals surface area contributed by atoms with E-state index in [1.165, 1.54) is 0 Å². The average molecular weight is 255 g/mol. The molecule has 18 heavy (non-hydrogen) atoms. The lowest BCUT2D eigenvalue weighted by atomic mass is 9.79. The first kappa shape index (κ1) is 13.8. The van der Waals surface area contributed by atoms with Gasteiger partial charge in [0.05, 0.1) is 18.1 Å². The number of carbonyl (C=O) groups excluding carboxylic acids is 1. The Morgan fingerprint density at radius 2 is 2.11 bits per heavy atom. The second-order valence-electron chi connectivity index (χ2n) is 6.02. The molecule has 0 aromatic carbocycles. The zero-order valence-corrected chi connectivity index (χ0v) is 11.3. The highest BCUT2D eigenvalue weighted by molar-refractivity contribution is 5.76. The van der Waals surface area contributed by atoms with E-state index < -0.39 is 5.60 Å². The third-order valence-corrected chi connectivity index (χ3v) is 4.26. The molecule has 1 saturated carbocycles. The quantitative estimate of drug-likeness (QED) is 0.802. The van der Waals surface area contributed by atoms with Crippen molar-refractivity contribution < 1.29 is 14.6 Å². The molecule has 1 unspecified atom stereocenters. The normalized spacial score (nSPS) is 36.6. The van der Waals surface area contributed by atoms with Crippen LogP contribution in [-0.4, -0.2) is 35.9 Å². The van der Waals surface area contributed by atoms with E-state index in [-0.39, 0.29) is 12.0 Å². The Hall–Kier alpha value is -0.610. The van der Waals surface area contributed by atoms with E-state index in [4.69, 9.17) is 4.74 Å². The molecular formula is C14H25NO3. The van der Waals surface area contributed by atoms with E-state index >= 15 is 0 Å². The van der Waals surface area contributed by atoms with Gasteiger partial charge in [-0.3, -0.25) is 4.79 Å². The molecule has 1 heterocycles. The molecule has 0 aromatic rings. The number of ether oxygens (including phenoxy) is 1. The van der Waals surface area contributed by atoms with Gasteiger partial charge in [0.1, 0.15) is 0 Å². The van der Waals surface area contributed by atoms with Crippen molar-refractivity contribution >= 4 is 5.91 Å². The molecule has 4 nitrogen and oxygen atoms in total. The van der Waals surface area contributed by atoms with Gasteiger partial charge in [0.15, 0.2) is 0 Å². The summed E-state index contributed by atoms with van der Waals surface area (Å²) in [4.78, 5) is 11.7. The molecule has 2 N–H and O–H groups in total. The van der Waals surface area contributed by atoms with Crippen LogP contribution >= 0.6 is 0 Å². The van der Waals surface area contributed by atoms with E-state index in [0.29, 0.717) is 18.9 Å². The highest BCUT2D eigenvalue weighted by Gasteiger charge is 2.32. The highest BCUT2D eigenvalue weighted by Crippen LogP contribution is 2.31. The van der Waals surface area contributed by atoms with Gasteiger partial charge in [-0.2, -0.15) is 0 Å². The minimum absolute atomic E-state index is 0.00828. The van der Waals surface area contributed by atoms with Crippen LogP contribution in [0.2, 0.25) is 0 Å². The molecule has 104 valence electrons. The molecule has 1 aliphatic carbocycles. The molecule has 0 aromatic heterocycles. The Bertz CT molecular complexity index is 279. The van der Waals surface area contributed by atoms with E-state index in [0.717, 1.165) is 45.1 Å². The molecule has 1 amide bonds. The summed E-state index contributed by atoms with van der Waals surface area (Å²) in [6.07, 6.45) is 6.27. The maximum Gasteiger partial charge on any atom is 0.222 e. The van der Waals surface area contributed by atoms with Crippen molar-refractivity contribution in [2.24, 2.45) is 5.92 Å². The molecule has 0 radical (unpaired) electrons. The molecular weight excluding hydrogens is 230 g/mol. The van der Waals surface area contributed by atoms with Crippen LogP contribution in [0, 0.1) is 5.92 Å². The summed E-state index contributed by atoms with van der Waals surface area (Å²) in [5.74, 6) is 0.710. The van der Waals surface area contributed by atoms with Gasteiger partial charge in [-0.15, -0.1) is 0 Å². The predicted molar refractivity (Wildman–Crippen MR) is 69.2 cm³/mol. The van der Waals surface area contributed by atoms with E-state index in [1.807, 2.05) is 0 Å². The van der Waals surface area contributed by atoms with Crippen LogP contribution < -0.4 is 5.32 Å². The van der Waals surface area contributed by atoms with Gasteiger partial charge in [0.25, 0.3) is 0 Å². The second-order valence-corrected chi connectivity index (χ2v) is 6.02. The summed E-state index contributed by atoms with van der Waals surface area (Å²) in [5.41, 5.74) is -0.682. The number of hydrogen-bond donors (Lipinski definition) is 2. The van der Waals surface area contributed by atoms with Crippen LogP contribution in [0.5, 0.6) is 0 Å². The van der Waals surface area contributed by atoms with Crippen LogP contribution in [0.15, 0.2) is 0 Å². The maximum absolute atomic E-state index is 11.7. The topological polar surface area (TPSA) is 58.6 Å². The Labute approximate surface area is 109 Å². The van der Waals surface area contributed by atoms with Crippen molar-refractivity contribution in [2.75, 3.05) is 13.2 Å². The largest absolute Gasteiger partial charge is 0.388 e. The molecule has 1 aliphatic heterocycles. The van der Waals surface area contributed by atoms with Crippen LogP contribution in [0.25, 0.3) is 0 Å². The van der Waals surface area contributed by atoms with Gasteiger partial charge in [-0.25, -0.2) is 0 Å². The zero-order chi connectivity index (χ0) is 13.0. The summed E-state index contributed by atoms with van der Waals surface area (Å²) in [6.45, 7) is 3.39. The summed E-state index contributed by atoms with van der Waals surface area (Å²) in [5, 5.41) is 13.2. The minimum Gasteiger partial charge on any atom is -0.388 e. The Balaban J connectivity index is 1.68. The average Bonchev–Trinajstić information content (AvgIpc) is 2.84. The molecule has 2 aliphatic rings. The van der Waals surface area contributed by atoms with Gasteiger partial charge in [-0.1, -0.05) is 6.92 Å². The van der Waals surface area contributed by atoms with Crippen molar-refractivity contribution in [1.82, 2.24) is 5.32 Å². The maximum atomic E-state index is 11.7. The van der Waals surface area contributed by atoms with Crippen LogP contribution in [0.1, 0.15) is 51.9 Å². The number of rotatable bonds is 4. The van der Waals surface area contributed by atoms with Gasteiger partial charge in [0, 0.05) is 13.2 Å². The Morgan fingerprint density at radius 3 is 2.72 bits per heavy atom. The van der Waals surface area contributed by atoms with E-state index in [9.17, 15) is 9.90 Å². The number of hydrogen-bond acceptors (Lipinski definition) is 3. The van der Waals surface area contributed by atoms with E-state index in [2.05, 4.69) is 12.2 Å². The van der Waals surface area contributed by atoms with Crippen molar-refractivity contribution in [3.8, 4) is 0 Å². The van der Waals surface area contributed by atoms with Crippen molar-refractivity contribution in [3.05, 3.63) is 0 Å². The Morgan fingerprint density at radius 1 is 1.39 bits per heavy atom. The standard InChI is InChI=1S/C14H25NO3/c1-11-4-6-14(17,7-5-11)10-15-13(16)9-12-3-2-8-18-12/h11-12,17H,2-10H2,1H3,(H,15,16). The third kappa shape index (κ3) is 3.95. The molecule has 4 heteroatoms. The first-order chi connectivity index (χ1) is 8.57. The van der Waals surface area contributed by atoms with Crippen LogP contribution in [-0.2, 0) is 9.53 Å². The molecule has 1 atom stereocenters. The highest BCUT2D eigenvalue weighted by atomic mass is 16.5. The van der Waals surface area contributed by atoms with Crippen molar-refractivity contribution in [3.63, 3.8) is 0 Å². The minimum atomic E-state index is -0.682. The summed E-state index contributed by atoms with van der Waals surface area (Å²) in [6, 6.07) is 0. The number of carbonyl (C=O) groups is 1. The smallest absolute Gasteiger partial charge is 0.222 e. The summed E-state index contributed by atoms with van der Waals surface area (Å²) in [7, 11) is 0. The third-order valence-electron chi connectivity index (χ3n) is 4.26. The zero-order valence-electron chi connectivity index (χ0n) is 11.3. The lowest BCUT2D eigenvalue weighted by Crippen LogP contribution is -2.45. The van der Waals surface area contributed by atoms with Crippen molar-refractivity contribution in [1.29, 1.82) is 0 Å². The van der Waals surface area contributed by atoms with Crippen LogP contribution in [0.3, 0.4) is 0 Å². The fourth-order valence-electron chi connectivity index (χ4n) is 2.82. The molecule has 2 fully saturated rings. The van der Waals surface area contributed by atoms with Gasteiger partial charge >= 0.3 is 0 Å². The lowest BCUT2D eigenvalue weighted by molar-refractivity contribution is -0.125. The van der Waals surface area contributed by atoms with Crippen molar-refractivity contribution in [2.45, 2.75) is 63.6 Å². The number of amides is 1. The SMILES string of the molecule is CC1CCC(O)(CNC(=O)CC2CCCO2)CC1. The number of nitrogens with one attached hydrogen (secondary N) is 1. The summed E-state index contributed by atoms with van der Waals surface area (Å²) >= 11 is 0. The summed E-state index contributed by atoms with van der Waals surface area (Å²) < 4.78 is 5.43. The first-order valence-electron chi connectivity index (χ1n) is 7.18. The molecule has 0 bridgehead atoms. The fourth-order valence-corrected chi connectivity index (χ4v) is 2.82. The van der Waals surface area contributed by atoms with E-state index in [1.54, 1.807) is 0 Å². The Kier molecular flexibility index (Phi) is 4.62. The van der Waals surface area contributed by atoms with Gasteiger partial charge in [-0.05, 0) is 44.4 Å². The molecule has 0 spiro atoms. The lowest BCUT2D eigenvalue weighted by Gasteiger charge is -2.35. The fraction of sp³-hybridized carbons (Fsp3) is 0.929. The molecule has 1 saturated heterocycles. The monoisotopic (exact) mass is 255 g/mol.